The number of anilines is 2. The molecule has 1 atom stereocenters. The van der Waals surface area contributed by atoms with E-state index in [1.165, 1.54) is 81.0 Å². The van der Waals surface area contributed by atoms with E-state index in [1.807, 2.05) is 11.9 Å². The molecule has 14 heteroatoms. The van der Waals surface area contributed by atoms with Gasteiger partial charge in [-0.15, -0.1) is 6.58 Å². The third-order valence-corrected chi connectivity index (χ3v) is 10.7. The Bertz CT molecular complexity index is 1690. The van der Waals surface area contributed by atoms with Gasteiger partial charge >= 0.3 is 0 Å². The van der Waals surface area contributed by atoms with E-state index >= 15 is 0 Å². The van der Waals surface area contributed by atoms with Gasteiger partial charge in [-0.3, -0.25) is 14.4 Å². The van der Waals surface area contributed by atoms with E-state index in [0.717, 1.165) is 13.1 Å². The van der Waals surface area contributed by atoms with E-state index in [0.29, 0.717) is 23.8 Å². The minimum atomic E-state index is -4.12. The summed E-state index contributed by atoms with van der Waals surface area (Å²) in [6.07, 6.45) is 1.43. The summed E-state index contributed by atoms with van der Waals surface area (Å²) in [4.78, 5) is 17.5. The predicted molar refractivity (Wildman–Crippen MR) is 166 cm³/mol. The molecule has 0 bridgehead atoms. The summed E-state index contributed by atoms with van der Waals surface area (Å²) in [5.41, 5.74) is 0.166. The highest BCUT2D eigenvalue weighted by Gasteiger charge is 2.32. The molecule has 4 rings (SSSR count). The molecular weight excluding hydrogens is 616 g/mol. The first-order valence-corrected chi connectivity index (χ1v) is 16.5. The molecular formula is C29H33ClN4O7S2. The first-order chi connectivity index (χ1) is 20.4. The van der Waals surface area contributed by atoms with Crippen LogP contribution in [0.1, 0.15) is 10.4 Å². The number of ether oxygens (including phenoxy) is 2. The van der Waals surface area contributed by atoms with Crippen molar-refractivity contribution >= 4 is 48.7 Å². The lowest BCUT2D eigenvalue weighted by Crippen LogP contribution is -2.50. The van der Waals surface area contributed by atoms with E-state index in [-0.39, 0.29) is 32.5 Å². The van der Waals surface area contributed by atoms with Gasteiger partial charge in [-0.25, -0.2) is 16.8 Å². The smallest absolute Gasteiger partial charge is 0.261 e. The first kappa shape index (κ1) is 32.3. The molecule has 0 aromatic heterocycles. The molecule has 3 aromatic rings. The van der Waals surface area contributed by atoms with Crippen LogP contribution in [0.5, 0.6) is 11.5 Å². The third kappa shape index (κ3) is 7.31. The molecule has 1 fully saturated rings. The zero-order valence-corrected chi connectivity index (χ0v) is 26.3. The van der Waals surface area contributed by atoms with Crippen LogP contribution in [-0.4, -0.2) is 85.4 Å². The molecule has 0 radical (unpaired) electrons. The predicted octanol–water partition coefficient (Wildman–Crippen LogP) is 3.94. The van der Waals surface area contributed by atoms with E-state index in [1.54, 1.807) is 0 Å². The van der Waals surface area contributed by atoms with E-state index in [2.05, 4.69) is 21.5 Å². The second-order valence-corrected chi connectivity index (χ2v) is 14.0. The molecule has 1 aliphatic rings. The van der Waals surface area contributed by atoms with Crippen molar-refractivity contribution in [2.24, 2.45) is 0 Å². The fourth-order valence-corrected chi connectivity index (χ4v) is 7.43. The Labute approximate surface area is 257 Å². The van der Waals surface area contributed by atoms with Gasteiger partial charge in [0, 0.05) is 43.0 Å². The number of carbonyl (C=O) groups excluding carboxylic acids is 1. The molecule has 1 amide bonds. The SMILES string of the molecule is C=CC(N1CCN(C)CC1)S(=O)(=O)c1ccc(NC(=O)c2cc(OC)c(OC)cc2NS(=O)(=O)c2ccc(Cl)cc2)cc1. The summed E-state index contributed by atoms with van der Waals surface area (Å²) in [6.45, 7) is 6.44. The molecule has 2 N–H and O–H groups in total. The summed E-state index contributed by atoms with van der Waals surface area (Å²) in [7, 11) is -3.14. The van der Waals surface area contributed by atoms with Crippen molar-refractivity contribution in [3.8, 4) is 11.5 Å². The van der Waals surface area contributed by atoms with Gasteiger partial charge < -0.3 is 19.7 Å². The van der Waals surface area contributed by atoms with Crippen LogP contribution in [0.3, 0.4) is 0 Å². The maximum atomic E-state index is 13.4. The first-order valence-electron chi connectivity index (χ1n) is 13.1. The second kappa shape index (κ2) is 13.3. The number of piperazine rings is 1. The number of halogens is 1. The average molecular weight is 649 g/mol. The molecule has 0 spiro atoms. The molecule has 1 aliphatic heterocycles. The van der Waals surface area contributed by atoms with Gasteiger partial charge in [0.15, 0.2) is 21.3 Å². The van der Waals surface area contributed by atoms with Gasteiger partial charge in [-0.1, -0.05) is 17.7 Å². The Kier molecular flexibility index (Phi) is 10.0. The number of sulfone groups is 1. The number of hydrogen-bond acceptors (Lipinski definition) is 9. The largest absolute Gasteiger partial charge is 0.493 e. The van der Waals surface area contributed by atoms with Gasteiger partial charge in [0.2, 0.25) is 0 Å². The van der Waals surface area contributed by atoms with Gasteiger partial charge in [0.25, 0.3) is 15.9 Å². The van der Waals surface area contributed by atoms with Crippen molar-refractivity contribution < 1.29 is 31.1 Å². The van der Waals surface area contributed by atoms with Crippen molar-refractivity contribution in [1.82, 2.24) is 9.80 Å². The Morgan fingerprint density at radius 3 is 2.02 bits per heavy atom. The number of methoxy groups -OCH3 is 2. The molecule has 1 unspecified atom stereocenters. The van der Waals surface area contributed by atoms with Gasteiger partial charge in [0.1, 0.15) is 5.37 Å². The lowest BCUT2D eigenvalue weighted by atomic mass is 10.1. The second-order valence-electron chi connectivity index (χ2n) is 9.80. The summed E-state index contributed by atoms with van der Waals surface area (Å²) < 4.78 is 66.2. The number of benzene rings is 3. The molecule has 3 aromatic carbocycles. The van der Waals surface area contributed by atoms with Gasteiger partial charge in [-0.2, -0.15) is 0 Å². The van der Waals surface area contributed by atoms with Crippen LogP contribution in [-0.2, 0) is 19.9 Å². The number of amides is 1. The molecule has 230 valence electrons. The van der Waals surface area contributed by atoms with Crippen LogP contribution < -0.4 is 19.5 Å². The van der Waals surface area contributed by atoms with Gasteiger partial charge in [0.05, 0.1) is 35.3 Å². The molecule has 1 heterocycles. The molecule has 0 saturated carbocycles. The average Bonchev–Trinajstić information content (AvgIpc) is 2.98. The van der Waals surface area contributed by atoms with Crippen molar-refractivity contribution in [3.05, 3.63) is 83.9 Å². The van der Waals surface area contributed by atoms with E-state index in [9.17, 15) is 21.6 Å². The minimum absolute atomic E-state index is 0.0614. The molecule has 0 aliphatic carbocycles. The fourth-order valence-electron chi connectivity index (χ4n) is 4.58. The highest BCUT2D eigenvalue weighted by Crippen LogP contribution is 2.35. The Morgan fingerprint density at radius 1 is 0.907 bits per heavy atom. The molecule has 1 saturated heterocycles. The van der Waals surface area contributed by atoms with Crippen molar-refractivity contribution in [1.29, 1.82) is 0 Å². The summed E-state index contributed by atoms with van der Waals surface area (Å²) >= 11 is 5.90. The standard InChI is InChI=1S/C29H33ClN4O7S2/c1-5-28(34-16-14-33(2)15-17-34)42(36,37)22-12-8-21(9-13-22)31-29(35)24-18-26(40-3)27(41-4)19-25(24)32-43(38,39)23-10-6-20(30)7-11-23/h5-13,18-19,28,32H,1,14-17H2,2-4H3,(H,31,35). The fraction of sp³-hybridized carbons (Fsp3) is 0.276. The Hall–Kier alpha value is -3.62. The summed E-state index contributed by atoms with van der Waals surface area (Å²) in [5, 5.41) is 2.17. The zero-order valence-electron chi connectivity index (χ0n) is 23.9. The third-order valence-electron chi connectivity index (χ3n) is 6.99. The number of likely N-dealkylation sites (N-methyl/N-ethyl adjacent to an activating group) is 1. The van der Waals surface area contributed by atoms with Crippen LogP contribution in [0.25, 0.3) is 0 Å². The van der Waals surface area contributed by atoms with Gasteiger partial charge in [-0.05, 0) is 61.6 Å². The molecule has 11 nitrogen and oxygen atoms in total. The quantitative estimate of drug-likeness (QED) is 0.297. The topological polar surface area (TPSA) is 134 Å². The lowest BCUT2D eigenvalue weighted by molar-refractivity contribution is 0.102. The Morgan fingerprint density at radius 2 is 1.47 bits per heavy atom. The highest BCUT2D eigenvalue weighted by molar-refractivity contribution is 7.92. The summed E-state index contributed by atoms with van der Waals surface area (Å²) in [5.74, 6) is -0.283. The van der Waals surface area contributed by atoms with Crippen molar-refractivity contribution in [2.45, 2.75) is 15.2 Å². The van der Waals surface area contributed by atoms with E-state index in [4.69, 9.17) is 21.1 Å². The van der Waals surface area contributed by atoms with Crippen LogP contribution in [0, 0.1) is 0 Å². The van der Waals surface area contributed by atoms with E-state index < -0.39 is 31.1 Å². The summed E-state index contributed by atoms with van der Waals surface area (Å²) in [6, 6.07) is 14.0. The van der Waals surface area contributed by atoms with Crippen LogP contribution >= 0.6 is 11.6 Å². The highest BCUT2D eigenvalue weighted by atomic mass is 35.5. The lowest BCUT2D eigenvalue weighted by Gasteiger charge is -2.36. The molecule has 43 heavy (non-hydrogen) atoms. The van der Waals surface area contributed by atoms with Crippen molar-refractivity contribution in [2.75, 3.05) is 57.5 Å². The zero-order chi connectivity index (χ0) is 31.4. The number of nitrogens with one attached hydrogen (secondary N) is 2. The maximum Gasteiger partial charge on any atom is 0.261 e. The monoisotopic (exact) mass is 648 g/mol. The normalized spacial score (nSPS) is 15.3. The van der Waals surface area contributed by atoms with Crippen LogP contribution in [0.4, 0.5) is 11.4 Å². The van der Waals surface area contributed by atoms with Crippen molar-refractivity contribution in [3.63, 3.8) is 0 Å². The Balaban J connectivity index is 1.60. The number of sulfonamides is 1. The number of rotatable bonds is 11. The van der Waals surface area contributed by atoms with Crippen LogP contribution in [0.2, 0.25) is 5.02 Å². The van der Waals surface area contributed by atoms with Crippen LogP contribution in [0.15, 0.2) is 83.1 Å². The maximum absolute atomic E-state index is 13.4. The minimum Gasteiger partial charge on any atom is -0.493 e. The number of nitrogens with zero attached hydrogens (tertiary/aromatic N) is 2. The number of hydrogen-bond donors (Lipinski definition) is 2. The number of carbonyl (C=O) groups is 1.